The lowest BCUT2D eigenvalue weighted by Gasteiger charge is -2.06. The second-order valence-corrected chi connectivity index (χ2v) is 7.76. The van der Waals surface area contributed by atoms with Gasteiger partial charge in [-0.2, -0.15) is 15.3 Å². The molecule has 0 aliphatic heterocycles. The number of amides is 2. The Balaban J connectivity index is 1.32. The fourth-order valence-electron chi connectivity index (χ4n) is 3.52. The van der Waals surface area contributed by atoms with E-state index in [1.54, 1.807) is 75.9 Å². The first-order valence-electron chi connectivity index (χ1n) is 10.5. The van der Waals surface area contributed by atoms with Crippen LogP contribution in [0.2, 0.25) is 0 Å². The second-order valence-electron chi connectivity index (χ2n) is 7.76. The van der Waals surface area contributed by atoms with Crippen LogP contribution in [0, 0.1) is 6.92 Å². The van der Waals surface area contributed by atoms with E-state index in [0.717, 1.165) is 17.0 Å². The highest BCUT2D eigenvalue weighted by molar-refractivity contribution is 6.04. The van der Waals surface area contributed by atoms with Crippen molar-refractivity contribution in [1.82, 2.24) is 34.2 Å². The van der Waals surface area contributed by atoms with E-state index in [-0.39, 0.29) is 17.5 Å². The molecule has 2 amide bonds. The van der Waals surface area contributed by atoms with Gasteiger partial charge in [0.05, 0.1) is 11.9 Å². The Morgan fingerprint density at radius 1 is 0.882 bits per heavy atom. The molecule has 5 aromatic rings. The molecule has 0 saturated carbocycles. The molecule has 0 unspecified atom stereocenters. The zero-order valence-electron chi connectivity index (χ0n) is 18.7. The van der Waals surface area contributed by atoms with Crippen LogP contribution in [0.1, 0.15) is 26.7 Å². The third-order valence-electron chi connectivity index (χ3n) is 5.45. The maximum Gasteiger partial charge on any atom is 0.276 e. The molecule has 4 heterocycles. The Labute approximate surface area is 194 Å². The van der Waals surface area contributed by atoms with Crippen molar-refractivity contribution in [2.45, 2.75) is 6.92 Å². The van der Waals surface area contributed by atoms with Gasteiger partial charge in [-0.15, -0.1) is 0 Å². The molecule has 0 radical (unpaired) electrons. The summed E-state index contributed by atoms with van der Waals surface area (Å²) in [6.07, 6.45) is 5.14. The van der Waals surface area contributed by atoms with E-state index >= 15 is 0 Å². The number of hydrogen-bond acceptors (Lipinski definition) is 6. The zero-order valence-corrected chi connectivity index (χ0v) is 18.7. The van der Waals surface area contributed by atoms with Gasteiger partial charge in [-0.05, 0) is 43.3 Å². The molecule has 0 spiro atoms. The number of aryl methyl sites for hydroxylation is 2. The second kappa shape index (κ2) is 8.28. The van der Waals surface area contributed by atoms with Crippen molar-refractivity contribution >= 4 is 28.8 Å². The van der Waals surface area contributed by atoms with Crippen LogP contribution in [0.25, 0.3) is 16.9 Å². The van der Waals surface area contributed by atoms with E-state index in [1.807, 2.05) is 20.0 Å². The van der Waals surface area contributed by atoms with Gasteiger partial charge < -0.3 is 10.6 Å². The SMILES string of the molecule is Cc1c(-c2ccnc3cc(C(=O)Nc4ccc(NC(=O)c5ccn(C)n5)cc4)nn23)cnn1C. The van der Waals surface area contributed by atoms with Crippen LogP contribution in [0.4, 0.5) is 11.4 Å². The molecular weight excluding hydrogens is 434 g/mol. The number of fused-ring (bicyclic) bond motifs is 1. The van der Waals surface area contributed by atoms with Crippen LogP contribution in [0.5, 0.6) is 0 Å². The standard InChI is InChI=1S/C23H21N9O2/c1-14-17(13-25-31(14)3)20-8-10-24-21-12-19(29-32(20)21)23(34)27-16-6-4-15(5-7-16)26-22(33)18-9-11-30(2)28-18/h4-13H,1-3H3,(H,26,33)(H,27,34). The summed E-state index contributed by atoms with van der Waals surface area (Å²) in [5.41, 5.74) is 4.94. The molecule has 11 heteroatoms. The average Bonchev–Trinajstić information content (AvgIpc) is 3.54. The van der Waals surface area contributed by atoms with Crippen molar-refractivity contribution in [2.24, 2.45) is 14.1 Å². The van der Waals surface area contributed by atoms with Crippen LogP contribution in [0.3, 0.4) is 0 Å². The number of carbonyl (C=O) groups excluding carboxylic acids is 2. The summed E-state index contributed by atoms with van der Waals surface area (Å²) < 4.78 is 4.97. The Hall–Kier alpha value is -4.80. The third-order valence-corrected chi connectivity index (χ3v) is 5.45. The number of nitrogens with one attached hydrogen (secondary N) is 2. The van der Waals surface area contributed by atoms with Crippen molar-refractivity contribution in [1.29, 1.82) is 0 Å². The molecular formula is C23H21N9O2. The summed E-state index contributed by atoms with van der Waals surface area (Å²) in [7, 11) is 3.61. The monoisotopic (exact) mass is 455 g/mol. The quantitative estimate of drug-likeness (QED) is 0.420. The summed E-state index contributed by atoms with van der Waals surface area (Å²) in [4.78, 5) is 29.4. The van der Waals surface area contributed by atoms with Gasteiger partial charge in [-0.3, -0.25) is 19.0 Å². The summed E-state index contributed by atoms with van der Waals surface area (Å²) in [6, 6.07) is 11.9. The van der Waals surface area contributed by atoms with Crippen LogP contribution in [-0.2, 0) is 14.1 Å². The van der Waals surface area contributed by atoms with Gasteiger partial charge in [0, 0.05) is 55.2 Å². The van der Waals surface area contributed by atoms with E-state index in [0.29, 0.717) is 22.7 Å². The molecule has 170 valence electrons. The van der Waals surface area contributed by atoms with E-state index < -0.39 is 0 Å². The maximum atomic E-state index is 12.8. The normalized spacial score (nSPS) is 11.0. The fourth-order valence-corrected chi connectivity index (χ4v) is 3.52. The molecule has 0 aliphatic carbocycles. The average molecular weight is 455 g/mol. The number of aromatic nitrogens is 7. The summed E-state index contributed by atoms with van der Waals surface area (Å²) in [5.74, 6) is -0.682. The van der Waals surface area contributed by atoms with Gasteiger partial charge in [-0.25, -0.2) is 9.50 Å². The number of nitrogens with zero attached hydrogens (tertiary/aromatic N) is 7. The summed E-state index contributed by atoms with van der Waals surface area (Å²) >= 11 is 0. The van der Waals surface area contributed by atoms with Crippen LogP contribution in [-0.4, -0.2) is 46.0 Å². The number of benzene rings is 1. The smallest absolute Gasteiger partial charge is 0.276 e. The van der Waals surface area contributed by atoms with Gasteiger partial charge in [0.25, 0.3) is 11.8 Å². The van der Waals surface area contributed by atoms with Crippen molar-refractivity contribution in [3.63, 3.8) is 0 Å². The van der Waals surface area contributed by atoms with Gasteiger partial charge >= 0.3 is 0 Å². The molecule has 34 heavy (non-hydrogen) atoms. The maximum absolute atomic E-state index is 12.8. The topological polar surface area (TPSA) is 124 Å². The first-order valence-corrected chi connectivity index (χ1v) is 10.5. The minimum absolute atomic E-state index is 0.231. The zero-order chi connectivity index (χ0) is 23.8. The molecule has 4 aromatic heterocycles. The van der Waals surface area contributed by atoms with Gasteiger partial charge in [0.1, 0.15) is 0 Å². The van der Waals surface area contributed by atoms with Gasteiger partial charge in [-0.1, -0.05) is 0 Å². The molecule has 5 rings (SSSR count). The molecule has 2 N–H and O–H groups in total. The largest absolute Gasteiger partial charge is 0.321 e. The number of carbonyl (C=O) groups is 2. The van der Waals surface area contributed by atoms with Gasteiger partial charge in [0.15, 0.2) is 17.0 Å². The third kappa shape index (κ3) is 3.90. The fraction of sp³-hybridized carbons (Fsp3) is 0.130. The summed E-state index contributed by atoms with van der Waals surface area (Å²) in [5, 5.41) is 18.4. The van der Waals surface area contributed by atoms with Crippen LogP contribution >= 0.6 is 0 Å². The number of rotatable bonds is 5. The molecule has 11 nitrogen and oxygen atoms in total. The van der Waals surface area contributed by atoms with Crippen molar-refractivity contribution in [3.05, 3.63) is 78.1 Å². The lowest BCUT2D eigenvalue weighted by molar-refractivity contribution is 0.101. The van der Waals surface area contributed by atoms with E-state index in [2.05, 4.69) is 30.9 Å². The number of anilines is 2. The van der Waals surface area contributed by atoms with E-state index in [4.69, 9.17) is 0 Å². The minimum atomic E-state index is -0.371. The first-order chi connectivity index (χ1) is 16.4. The van der Waals surface area contributed by atoms with Crippen molar-refractivity contribution < 1.29 is 9.59 Å². The first kappa shape index (κ1) is 21.1. The molecule has 0 fully saturated rings. The predicted molar refractivity (Wildman–Crippen MR) is 125 cm³/mol. The minimum Gasteiger partial charge on any atom is -0.321 e. The molecule has 0 aliphatic rings. The molecule has 0 saturated heterocycles. The lowest BCUT2D eigenvalue weighted by Crippen LogP contribution is -2.14. The Bertz CT molecular complexity index is 1530. The predicted octanol–water partition coefficient (Wildman–Crippen LogP) is 2.68. The van der Waals surface area contributed by atoms with Crippen LogP contribution < -0.4 is 10.6 Å². The highest BCUT2D eigenvalue weighted by Gasteiger charge is 2.17. The lowest BCUT2D eigenvalue weighted by atomic mass is 10.2. The molecule has 0 atom stereocenters. The molecule has 1 aromatic carbocycles. The van der Waals surface area contributed by atoms with Crippen molar-refractivity contribution in [3.8, 4) is 11.3 Å². The number of hydrogen-bond donors (Lipinski definition) is 2. The van der Waals surface area contributed by atoms with E-state index in [1.165, 1.54) is 0 Å². The van der Waals surface area contributed by atoms with E-state index in [9.17, 15) is 9.59 Å². The highest BCUT2D eigenvalue weighted by Crippen LogP contribution is 2.23. The Morgan fingerprint density at radius 3 is 2.15 bits per heavy atom. The Morgan fingerprint density at radius 2 is 1.56 bits per heavy atom. The molecule has 0 bridgehead atoms. The van der Waals surface area contributed by atoms with Crippen LogP contribution in [0.15, 0.2) is 61.1 Å². The summed E-state index contributed by atoms with van der Waals surface area (Å²) in [6.45, 7) is 1.97. The van der Waals surface area contributed by atoms with Crippen molar-refractivity contribution in [2.75, 3.05) is 10.6 Å². The highest BCUT2D eigenvalue weighted by atomic mass is 16.2. The van der Waals surface area contributed by atoms with Gasteiger partial charge in [0.2, 0.25) is 0 Å². The Kier molecular flexibility index (Phi) is 5.13.